The van der Waals surface area contributed by atoms with Crippen molar-refractivity contribution in [3.63, 3.8) is 0 Å². The zero-order valence-electron chi connectivity index (χ0n) is 7.14. The topological polar surface area (TPSA) is 32.9 Å². The molecule has 2 heteroatoms. The van der Waals surface area contributed by atoms with Gasteiger partial charge in [0.15, 0.2) is 0 Å². The molecule has 1 N–H and O–H groups in total. The summed E-state index contributed by atoms with van der Waals surface area (Å²) in [4.78, 5) is 12.9. The fourth-order valence-corrected chi connectivity index (χ4v) is 0.448. The van der Waals surface area contributed by atoms with Crippen LogP contribution in [0.4, 0.5) is 0 Å². The van der Waals surface area contributed by atoms with E-state index >= 15 is 0 Å². The molecule has 0 bridgehead atoms. The van der Waals surface area contributed by atoms with Crippen LogP contribution in [-0.2, 0) is 0 Å². The molecule has 1 aromatic rings. The predicted octanol–water partition coefficient (Wildman–Crippen LogP) is 0.683. The van der Waals surface area contributed by atoms with Crippen molar-refractivity contribution in [2.75, 3.05) is 0 Å². The first kappa shape index (κ1) is 2.49. The first-order valence-electron chi connectivity index (χ1n) is 3.70. The second-order valence-electron chi connectivity index (χ2n) is 1.43. The highest BCUT2D eigenvalue weighted by Crippen LogP contribution is 1.81. The number of hydrogen-bond acceptors (Lipinski definition) is 1. The summed E-state index contributed by atoms with van der Waals surface area (Å²) in [5.74, 6) is 0. The third-order valence-corrected chi connectivity index (χ3v) is 0.768. The van der Waals surface area contributed by atoms with Gasteiger partial charge in [-0.2, -0.15) is 0 Å². The number of aromatic amines is 1. The molecule has 0 aliphatic heterocycles. The Kier molecular flexibility index (Phi) is 0.565. The first-order chi connectivity index (χ1) is 5.00. The van der Waals surface area contributed by atoms with E-state index in [1.54, 1.807) is 0 Å². The van der Waals surface area contributed by atoms with Crippen LogP contribution in [0.3, 0.4) is 0 Å². The third-order valence-electron chi connectivity index (χ3n) is 0.768. The molecule has 0 fully saturated rings. The Labute approximate surface area is 51.4 Å². The molecule has 42 valence electrons. The van der Waals surface area contributed by atoms with Crippen molar-refractivity contribution >= 4 is 0 Å². The average molecular weight is 112 g/mol. The summed E-state index contributed by atoms with van der Waals surface area (Å²) in [6.07, 6.45) is 0. The molecule has 1 aromatic heterocycles. The maximum Gasteiger partial charge on any atom is 0.248 e. The van der Waals surface area contributed by atoms with Crippen LogP contribution in [0.2, 0.25) is 0 Å². The quantitative estimate of drug-likeness (QED) is 0.526. The Morgan fingerprint density at radius 3 is 3.12 bits per heavy atom. The predicted molar refractivity (Wildman–Crippen MR) is 31.8 cm³/mol. The maximum absolute atomic E-state index is 10.6. The first-order valence-corrected chi connectivity index (χ1v) is 2.20. The van der Waals surface area contributed by atoms with Crippen LogP contribution >= 0.6 is 0 Å². The highest BCUT2D eigenvalue weighted by molar-refractivity contribution is 5.00. The van der Waals surface area contributed by atoms with Gasteiger partial charge in [0.2, 0.25) is 5.56 Å². The number of H-pyrrole nitrogens is 1. The summed E-state index contributed by atoms with van der Waals surface area (Å²) in [7, 11) is 0. The van der Waals surface area contributed by atoms with Crippen molar-refractivity contribution in [1.29, 1.82) is 0 Å². The Balaban J connectivity index is 3.16. The van der Waals surface area contributed by atoms with E-state index in [0.29, 0.717) is 0 Å². The van der Waals surface area contributed by atoms with E-state index in [9.17, 15) is 4.79 Å². The lowest BCUT2D eigenvalue weighted by Crippen LogP contribution is -2.02. The second-order valence-corrected chi connectivity index (χ2v) is 1.43. The van der Waals surface area contributed by atoms with E-state index in [2.05, 4.69) is 4.98 Å². The van der Waals surface area contributed by atoms with Gasteiger partial charge in [-0.25, -0.2) is 0 Å². The van der Waals surface area contributed by atoms with Crippen LogP contribution in [0, 0.1) is 6.85 Å². The fourth-order valence-electron chi connectivity index (χ4n) is 0.448. The molecule has 0 saturated carbocycles. The van der Waals surface area contributed by atoms with E-state index in [0.717, 1.165) is 0 Å². The lowest BCUT2D eigenvalue weighted by atomic mass is 10.4. The van der Waals surface area contributed by atoms with E-state index < -0.39 is 12.4 Å². The third kappa shape index (κ3) is 0.964. The summed E-state index contributed by atoms with van der Waals surface area (Å²) < 4.78 is 20.8. The minimum Gasteiger partial charge on any atom is -0.327 e. The van der Waals surface area contributed by atoms with Gasteiger partial charge in [-0.1, -0.05) is 6.07 Å². The van der Waals surface area contributed by atoms with E-state index in [1.165, 1.54) is 18.2 Å². The molecule has 0 unspecified atom stereocenters. The van der Waals surface area contributed by atoms with Crippen LogP contribution < -0.4 is 5.56 Å². The smallest absolute Gasteiger partial charge is 0.248 e. The van der Waals surface area contributed by atoms with Crippen molar-refractivity contribution in [3.05, 3.63) is 34.2 Å². The van der Waals surface area contributed by atoms with Gasteiger partial charge < -0.3 is 4.98 Å². The van der Waals surface area contributed by atoms with Crippen molar-refractivity contribution in [1.82, 2.24) is 4.98 Å². The van der Waals surface area contributed by atoms with Crippen molar-refractivity contribution in [3.8, 4) is 0 Å². The molecule has 0 atom stereocenters. The average Bonchev–Trinajstić information content (AvgIpc) is 1.86. The van der Waals surface area contributed by atoms with Gasteiger partial charge in [0.05, 0.1) is 0 Å². The van der Waals surface area contributed by atoms with Gasteiger partial charge in [0.1, 0.15) is 0 Å². The number of nitrogens with one attached hydrogen (secondary N) is 1. The van der Waals surface area contributed by atoms with Gasteiger partial charge >= 0.3 is 0 Å². The van der Waals surface area contributed by atoms with Crippen LogP contribution in [-0.4, -0.2) is 4.98 Å². The molecular weight excluding hydrogens is 102 g/mol. The van der Waals surface area contributed by atoms with Crippen LogP contribution in [0.1, 0.15) is 9.81 Å². The van der Waals surface area contributed by atoms with Crippen LogP contribution in [0.5, 0.6) is 0 Å². The SMILES string of the molecule is [2H]C([2H])([2H])c1cccc(=O)[nH]1. The maximum atomic E-state index is 10.6. The monoisotopic (exact) mass is 112 g/mol. The van der Waals surface area contributed by atoms with Gasteiger partial charge in [-0.05, 0) is 12.9 Å². The Morgan fingerprint density at radius 1 is 1.75 bits per heavy atom. The number of pyridine rings is 1. The van der Waals surface area contributed by atoms with Gasteiger partial charge in [0, 0.05) is 15.9 Å². The number of hydrogen-bond donors (Lipinski definition) is 1. The van der Waals surface area contributed by atoms with Crippen molar-refractivity contribution in [2.24, 2.45) is 0 Å². The molecular formula is C6H7NO. The van der Waals surface area contributed by atoms with Crippen molar-refractivity contribution in [2.45, 2.75) is 6.85 Å². The molecule has 0 aliphatic carbocycles. The standard InChI is InChI=1S/C6H7NO/c1-5-3-2-4-6(8)7-5/h2-4H,1H3,(H,7,8)/i1D3. The summed E-state index contributed by atoms with van der Waals surface area (Å²) in [6.45, 7) is -2.22. The molecule has 0 radical (unpaired) electrons. The number of rotatable bonds is 0. The molecule has 1 rings (SSSR count). The molecule has 0 saturated heterocycles. The van der Waals surface area contributed by atoms with E-state index in [1.807, 2.05) is 0 Å². The van der Waals surface area contributed by atoms with E-state index in [-0.39, 0.29) is 5.69 Å². The highest BCUT2D eigenvalue weighted by atomic mass is 16.1. The summed E-state index contributed by atoms with van der Waals surface area (Å²) in [5.41, 5.74) is -0.413. The van der Waals surface area contributed by atoms with Crippen LogP contribution in [0.25, 0.3) is 0 Å². The minimum absolute atomic E-state index is 0.0231. The summed E-state index contributed by atoms with van der Waals surface area (Å²) in [5, 5.41) is 0. The minimum atomic E-state index is -2.22. The lowest BCUT2D eigenvalue weighted by Gasteiger charge is -1.84. The molecule has 0 amide bonds. The molecule has 0 aromatic carbocycles. The largest absolute Gasteiger partial charge is 0.327 e. The van der Waals surface area contributed by atoms with Crippen molar-refractivity contribution < 1.29 is 4.11 Å². The zero-order chi connectivity index (χ0) is 8.48. The second kappa shape index (κ2) is 1.82. The Bertz CT molecular complexity index is 301. The molecule has 2 nitrogen and oxygen atoms in total. The lowest BCUT2D eigenvalue weighted by molar-refractivity contribution is 1.14. The van der Waals surface area contributed by atoms with E-state index in [4.69, 9.17) is 4.11 Å². The van der Waals surface area contributed by atoms with Gasteiger partial charge in [-0.3, -0.25) is 4.79 Å². The fraction of sp³-hybridized carbons (Fsp3) is 0.167. The Hall–Kier alpha value is -1.05. The normalized spacial score (nSPS) is 16.2. The van der Waals surface area contributed by atoms with Gasteiger partial charge in [-0.15, -0.1) is 0 Å². The molecule has 0 aliphatic rings. The zero-order valence-corrected chi connectivity index (χ0v) is 4.14. The van der Waals surface area contributed by atoms with Crippen LogP contribution in [0.15, 0.2) is 23.0 Å². The highest BCUT2D eigenvalue weighted by Gasteiger charge is 1.79. The van der Waals surface area contributed by atoms with Gasteiger partial charge in [0.25, 0.3) is 0 Å². The molecule has 0 spiro atoms. The number of aryl methyl sites for hydroxylation is 1. The molecule has 1 heterocycles. The summed E-state index contributed by atoms with van der Waals surface area (Å²) >= 11 is 0. The summed E-state index contributed by atoms with van der Waals surface area (Å²) in [6, 6.07) is 4.06. The number of aromatic nitrogens is 1. The molecule has 8 heavy (non-hydrogen) atoms. The Morgan fingerprint density at radius 2 is 2.62 bits per heavy atom.